The molecule has 1 aromatic carbocycles. The van der Waals surface area contributed by atoms with E-state index >= 15 is 0 Å². The van der Waals surface area contributed by atoms with Crippen LogP contribution in [0.1, 0.15) is 32.1 Å². The number of aromatic amines is 1. The number of carbonyl (C=O) groups excluding carboxylic acids is 1. The van der Waals surface area contributed by atoms with Gasteiger partial charge in [0.2, 0.25) is 0 Å². The van der Waals surface area contributed by atoms with Gasteiger partial charge in [-0.2, -0.15) is 5.10 Å². The minimum atomic E-state index is 0.164. The van der Waals surface area contributed by atoms with Gasteiger partial charge in [0.25, 0.3) is 0 Å². The molecule has 0 bridgehead atoms. The van der Waals surface area contributed by atoms with Gasteiger partial charge in [0.1, 0.15) is 0 Å². The number of rotatable bonds is 4. The Bertz CT molecular complexity index is 674. The van der Waals surface area contributed by atoms with E-state index in [1.807, 2.05) is 34.3 Å². The van der Waals surface area contributed by atoms with Crippen LogP contribution in [0.3, 0.4) is 0 Å². The molecule has 0 spiro atoms. The van der Waals surface area contributed by atoms with E-state index in [0.29, 0.717) is 5.92 Å². The van der Waals surface area contributed by atoms with Gasteiger partial charge in [-0.05, 0) is 36.5 Å². The highest BCUT2D eigenvalue weighted by atomic mass is 16.2. The highest BCUT2D eigenvalue weighted by Crippen LogP contribution is 2.28. The quantitative estimate of drug-likeness (QED) is 0.927. The zero-order chi connectivity index (χ0) is 16.4. The molecular formula is C19H24N4O. The second kappa shape index (κ2) is 6.67. The lowest BCUT2D eigenvalue weighted by Gasteiger charge is -2.26. The van der Waals surface area contributed by atoms with Gasteiger partial charge in [0.15, 0.2) is 0 Å². The second-order valence-corrected chi connectivity index (χ2v) is 6.92. The summed E-state index contributed by atoms with van der Waals surface area (Å²) in [6.07, 6.45) is 10.3. The van der Waals surface area contributed by atoms with Crippen molar-refractivity contribution in [3.63, 3.8) is 0 Å². The number of H-pyrrole nitrogens is 1. The molecular weight excluding hydrogens is 300 g/mol. The molecule has 5 heteroatoms. The first kappa shape index (κ1) is 15.2. The number of benzene rings is 1. The Balaban J connectivity index is 1.42. The van der Waals surface area contributed by atoms with Crippen molar-refractivity contribution in [1.82, 2.24) is 15.1 Å². The first-order valence-corrected chi connectivity index (χ1v) is 8.97. The van der Waals surface area contributed by atoms with Crippen LogP contribution < -0.4 is 4.90 Å². The van der Waals surface area contributed by atoms with Gasteiger partial charge >= 0.3 is 6.03 Å². The largest absolute Gasteiger partial charge is 0.324 e. The molecule has 2 aliphatic rings. The van der Waals surface area contributed by atoms with Gasteiger partial charge in [0.05, 0.1) is 6.20 Å². The lowest BCUT2D eigenvalue weighted by atomic mass is 9.89. The van der Waals surface area contributed by atoms with Crippen molar-refractivity contribution in [1.29, 1.82) is 0 Å². The van der Waals surface area contributed by atoms with E-state index in [1.54, 1.807) is 0 Å². The van der Waals surface area contributed by atoms with Crippen molar-refractivity contribution in [2.24, 2.45) is 5.92 Å². The lowest BCUT2D eigenvalue weighted by Crippen LogP contribution is -2.35. The van der Waals surface area contributed by atoms with Crippen molar-refractivity contribution in [3.8, 4) is 11.1 Å². The number of urea groups is 1. The maximum Gasteiger partial charge on any atom is 0.324 e. The van der Waals surface area contributed by atoms with Gasteiger partial charge in [-0.15, -0.1) is 0 Å². The summed E-state index contributed by atoms with van der Waals surface area (Å²) in [6, 6.07) is 8.33. The third-order valence-electron chi connectivity index (χ3n) is 5.31. The number of anilines is 1. The summed E-state index contributed by atoms with van der Waals surface area (Å²) in [5.41, 5.74) is 3.16. The number of carbonyl (C=O) groups is 1. The number of hydrogen-bond acceptors (Lipinski definition) is 2. The third kappa shape index (κ3) is 3.03. The van der Waals surface area contributed by atoms with Crippen LogP contribution in [0, 0.1) is 5.92 Å². The normalized spacial score (nSPS) is 19.2. The summed E-state index contributed by atoms with van der Waals surface area (Å²) in [5, 5.41) is 6.81. The fraction of sp³-hybridized carbons (Fsp3) is 0.474. The molecule has 1 saturated carbocycles. The van der Waals surface area contributed by atoms with Crippen molar-refractivity contribution in [2.45, 2.75) is 32.1 Å². The van der Waals surface area contributed by atoms with Gasteiger partial charge in [-0.25, -0.2) is 4.79 Å². The van der Waals surface area contributed by atoms with Crippen LogP contribution in [-0.2, 0) is 0 Å². The molecule has 2 heterocycles. The van der Waals surface area contributed by atoms with Crippen LogP contribution in [0.4, 0.5) is 10.5 Å². The van der Waals surface area contributed by atoms with E-state index in [2.05, 4.69) is 22.3 Å². The minimum absolute atomic E-state index is 0.164. The van der Waals surface area contributed by atoms with E-state index in [1.165, 1.54) is 32.1 Å². The molecule has 1 aliphatic carbocycles. The number of amides is 2. The molecule has 1 saturated heterocycles. The van der Waals surface area contributed by atoms with Crippen LogP contribution in [0.2, 0.25) is 0 Å². The van der Waals surface area contributed by atoms with Gasteiger partial charge in [-0.3, -0.25) is 10.00 Å². The van der Waals surface area contributed by atoms with E-state index in [-0.39, 0.29) is 6.03 Å². The SMILES string of the molecule is O=C1N(CC2CCCCC2)CCN1c1ccc(-c2cn[nH]c2)cc1. The Morgan fingerprint density at radius 1 is 1.04 bits per heavy atom. The molecule has 24 heavy (non-hydrogen) atoms. The van der Waals surface area contributed by atoms with E-state index < -0.39 is 0 Å². The topological polar surface area (TPSA) is 52.2 Å². The van der Waals surface area contributed by atoms with Gasteiger partial charge in [-0.1, -0.05) is 31.4 Å². The second-order valence-electron chi connectivity index (χ2n) is 6.92. The summed E-state index contributed by atoms with van der Waals surface area (Å²) in [4.78, 5) is 16.7. The number of nitrogens with zero attached hydrogens (tertiary/aromatic N) is 3. The molecule has 2 aromatic rings. The Hall–Kier alpha value is -2.30. The summed E-state index contributed by atoms with van der Waals surface area (Å²) < 4.78 is 0. The molecule has 5 nitrogen and oxygen atoms in total. The summed E-state index contributed by atoms with van der Waals surface area (Å²) >= 11 is 0. The van der Waals surface area contributed by atoms with Crippen LogP contribution in [-0.4, -0.2) is 40.8 Å². The highest BCUT2D eigenvalue weighted by molar-refractivity contribution is 5.94. The summed E-state index contributed by atoms with van der Waals surface area (Å²) in [7, 11) is 0. The van der Waals surface area contributed by atoms with Crippen molar-refractivity contribution >= 4 is 11.7 Å². The maximum absolute atomic E-state index is 12.7. The number of aromatic nitrogens is 2. The Morgan fingerprint density at radius 2 is 1.83 bits per heavy atom. The van der Waals surface area contributed by atoms with Crippen LogP contribution in [0.5, 0.6) is 0 Å². The van der Waals surface area contributed by atoms with Crippen LogP contribution in [0.25, 0.3) is 11.1 Å². The van der Waals surface area contributed by atoms with E-state index in [4.69, 9.17) is 0 Å². The summed E-state index contributed by atoms with van der Waals surface area (Å²) in [6.45, 7) is 2.57. The van der Waals surface area contributed by atoms with Gasteiger partial charge < -0.3 is 4.90 Å². The average Bonchev–Trinajstić information content (AvgIpc) is 3.27. The molecule has 0 radical (unpaired) electrons. The third-order valence-corrected chi connectivity index (χ3v) is 5.31. The lowest BCUT2D eigenvalue weighted by molar-refractivity contribution is 0.202. The predicted molar refractivity (Wildman–Crippen MR) is 94.9 cm³/mol. The zero-order valence-corrected chi connectivity index (χ0v) is 13.9. The first-order valence-electron chi connectivity index (χ1n) is 8.97. The van der Waals surface area contributed by atoms with Crippen LogP contribution in [0.15, 0.2) is 36.7 Å². The predicted octanol–water partition coefficient (Wildman–Crippen LogP) is 3.90. The van der Waals surface area contributed by atoms with Crippen molar-refractivity contribution < 1.29 is 4.79 Å². The molecule has 1 N–H and O–H groups in total. The van der Waals surface area contributed by atoms with E-state index in [0.717, 1.165) is 36.4 Å². The fourth-order valence-electron chi connectivity index (χ4n) is 3.92. The molecule has 126 valence electrons. The zero-order valence-electron chi connectivity index (χ0n) is 13.9. The highest BCUT2D eigenvalue weighted by Gasteiger charge is 2.31. The number of hydrogen-bond donors (Lipinski definition) is 1. The molecule has 4 rings (SSSR count). The Morgan fingerprint density at radius 3 is 2.54 bits per heavy atom. The van der Waals surface area contributed by atoms with Gasteiger partial charge in [0, 0.05) is 37.1 Å². The van der Waals surface area contributed by atoms with Crippen LogP contribution >= 0.6 is 0 Å². The van der Waals surface area contributed by atoms with Crippen molar-refractivity contribution in [2.75, 3.05) is 24.5 Å². The van der Waals surface area contributed by atoms with E-state index in [9.17, 15) is 4.79 Å². The molecule has 0 unspecified atom stereocenters. The first-order chi connectivity index (χ1) is 11.8. The Labute approximate surface area is 142 Å². The molecule has 2 fully saturated rings. The monoisotopic (exact) mass is 324 g/mol. The standard InChI is InChI=1S/C19H24N4O/c24-19-22(14-15-4-2-1-3-5-15)10-11-23(19)18-8-6-16(7-9-18)17-12-20-21-13-17/h6-9,12-13,15H,1-5,10-11,14H2,(H,20,21). The fourth-order valence-corrected chi connectivity index (χ4v) is 3.92. The molecule has 2 amide bonds. The molecule has 0 atom stereocenters. The smallest absolute Gasteiger partial charge is 0.322 e. The summed E-state index contributed by atoms with van der Waals surface area (Å²) in [5.74, 6) is 0.700. The average molecular weight is 324 g/mol. The Kier molecular flexibility index (Phi) is 4.24. The van der Waals surface area contributed by atoms with Crippen molar-refractivity contribution in [3.05, 3.63) is 36.7 Å². The maximum atomic E-state index is 12.7. The molecule has 1 aliphatic heterocycles. The number of nitrogens with one attached hydrogen (secondary N) is 1. The molecule has 1 aromatic heterocycles. The minimum Gasteiger partial charge on any atom is -0.322 e.